The third-order valence-electron chi connectivity index (χ3n) is 3.39. The highest BCUT2D eigenvalue weighted by Gasteiger charge is 2.10. The van der Waals surface area contributed by atoms with Crippen LogP contribution >= 0.6 is 22.6 Å². The molecule has 0 aliphatic heterocycles. The lowest BCUT2D eigenvalue weighted by Crippen LogP contribution is -2.15. The van der Waals surface area contributed by atoms with Crippen LogP contribution in [0.2, 0.25) is 0 Å². The number of anilines is 3. The Balaban J connectivity index is 1.97. The maximum Gasteiger partial charge on any atom is 0.322 e. The number of nitrogens with zero attached hydrogens (tertiary/aromatic N) is 2. The molecule has 0 atom stereocenters. The molecule has 1 aromatic heterocycles. The van der Waals surface area contributed by atoms with Crippen molar-refractivity contribution in [2.45, 2.75) is 0 Å². The summed E-state index contributed by atoms with van der Waals surface area (Å²) in [4.78, 5) is 19.4. The molecule has 8 heteroatoms. The summed E-state index contributed by atoms with van der Waals surface area (Å²) in [7, 11) is 0. The summed E-state index contributed by atoms with van der Waals surface area (Å²) < 4.78 is 14.9. The van der Waals surface area contributed by atoms with Crippen LogP contribution in [0.15, 0.2) is 54.6 Å². The Morgan fingerprint density at radius 1 is 1.12 bits per heavy atom. The fourth-order valence-electron chi connectivity index (χ4n) is 2.23. The Hall–Kier alpha value is -2.75. The van der Waals surface area contributed by atoms with Gasteiger partial charge in [-0.25, -0.2) is 9.37 Å². The van der Waals surface area contributed by atoms with Crippen molar-refractivity contribution in [1.82, 2.24) is 9.97 Å². The Morgan fingerprint density at radius 3 is 2.58 bits per heavy atom. The molecule has 0 aliphatic rings. The molecule has 0 spiro atoms. The van der Waals surface area contributed by atoms with Crippen molar-refractivity contribution in [3.05, 3.63) is 64.0 Å². The van der Waals surface area contributed by atoms with E-state index in [0.29, 0.717) is 11.5 Å². The first-order valence-electron chi connectivity index (χ1n) is 7.63. The summed E-state index contributed by atoms with van der Waals surface area (Å²) in [6, 6.07) is 15.8. The van der Waals surface area contributed by atoms with E-state index in [9.17, 15) is 9.18 Å². The van der Waals surface area contributed by atoms with E-state index in [1.54, 1.807) is 18.2 Å². The maximum absolute atomic E-state index is 14.1. The van der Waals surface area contributed by atoms with E-state index in [1.807, 2.05) is 52.9 Å². The molecule has 0 fully saturated rings. The summed E-state index contributed by atoms with van der Waals surface area (Å²) >= 11 is 2.03. The predicted octanol–water partition coefficient (Wildman–Crippen LogP) is 4.13. The second-order valence-electron chi connectivity index (χ2n) is 5.32. The standard InChI is InChI=1S/C18H14FIN4O2/c19-13-8-12(20)6-7-14(13)22-16-9-15(11-4-2-1-3-5-11)23-18(24-16)21-10-17(25)26/h1-9H,10H2,(H,25,26)(H2,21,22,23,24). The number of nitrogens with one attached hydrogen (secondary N) is 2. The van der Waals surface area contributed by atoms with Gasteiger partial charge in [-0.05, 0) is 40.8 Å². The first-order valence-corrected chi connectivity index (χ1v) is 8.71. The van der Waals surface area contributed by atoms with Gasteiger partial charge in [0, 0.05) is 15.2 Å². The summed E-state index contributed by atoms with van der Waals surface area (Å²) in [6.07, 6.45) is 0. The summed E-state index contributed by atoms with van der Waals surface area (Å²) in [6.45, 7) is -0.324. The number of aromatic nitrogens is 2. The quantitative estimate of drug-likeness (QED) is 0.476. The summed E-state index contributed by atoms with van der Waals surface area (Å²) in [5, 5.41) is 14.4. The van der Waals surface area contributed by atoms with Crippen molar-refractivity contribution in [2.75, 3.05) is 17.2 Å². The number of halogens is 2. The Bertz CT molecular complexity index is 938. The molecular weight excluding hydrogens is 450 g/mol. The second kappa shape index (κ2) is 8.09. The van der Waals surface area contributed by atoms with Crippen LogP contribution in [-0.2, 0) is 4.79 Å². The molecule has 6 nitrogen and oxygen atoms in total. The molecule has 1 heterocycles. The average molecular weight is 464 g/mol. The monoisotopic (exact) mass is 464 g/mol. The van der Waals surface area contributed by atoms with Gasteiger partial charge < -0.3 is 15.7 Å². The smallest absolute Gasteiger partial charge is 0.322 e. The van der Waals surface area contributed by atoms with E-state index in [2.05, 4.69) is 20.6 Å². The van der Waals surface area contributed by atoms with Gasteiger partial charge in [-0.2, -0.15) is 4.98 Å². The lowest BCUT2D eigenvalue weighted by Gasteiger charge is -2.11. The van der Waals surface area contributed by atoms with Gasteiger partial charge in [-0.1, -0.05) is 30.3 Å². The molecule has 3 rings (SSSR count). The van der Waals surface area contributed by atoms with Crippen molar-refractivity contribution >= 4 is 46.0 Å². The number of rotatable bonds is 6. The first-order chi connectivity index (χ1) is 12.5. The number of hydrogen-bond donors (Lipinski definition) is 3. The lowest BCUT2D eigenvalue weighted by molar-refractivity contribution is -0.134. The number of carbonyl (C=O) groups is 1. The molecule has 0 saturated heterocycles. The molecule has 0 radical (unpaired) electrons. The fourth-order valence-corrected chi connectivity index (χ4v) is 2.68. The van der Waals surface area contributed by atoms with Crippen LogP contribution < -0.4 is 10.6 Å². The number of benzene rings is 2. The number of hydrogen-bond acceptors (Lipinski definition) is 5. The summed E-state index contributed by atoms with van der Waals surface area (Å²) in [5.74, 6) is -0.942. The SMILES string of the molecule is O=C(O)CNc1nc(Nc2ccc(I)cc2F)cc(-c2ccccc2)n1. The van der Waals surface area contributed by atoms with Crippen LogP contribution in [-0.4, -0.2) is 27.6 Å². The van der Waals surface area contributed by atoms with E-state index in [1.165, 1.54) is 6.07 Å². The highest BCUT2D eigenvalue weighted by Crippen LogP contribution is 2.25. The molecule has 132 valence electrons. The van der Waals surface area contributed by atoms with Crippen molar-refractivity contribution in [1.29, 1.82) is 0 Å². The Labute approximate surface area is 162 Å². The zero-order chi connectivity index (χ0) is 18.5. The third-order valence-corrected chi connectivity index (χ3v) is 4.06. The van der Waals surface area contributed by atoms with Crippen molar-refractivity contribution in [3.8, 4) is 11.3 Å². The molecule has 3 aromatic rings. The highest BCUT2D eigenvalue weighted by molar-refractivity contribution is 14.1. The van der Waals surface area contributed by atoms with Crippen LogP contribution in [0.5, 0.6) is 0 Å². The number of carboxylic acids is 1. The van der Waals surface area contributed by atoms with Gasteiger partial charge in [0.05, 0.1) is 11.4 Å². The zero-order valence-corrected chi connectivity index (χ0v) is 15.6. The van der Waals surface area contributed by atoms with Gasteiger partial charge in [0.25, 0.3) is 0 Å². The number of aliphatic carboxylic acids is 1. The van der Waals surface area contributed by atoms with Crippen LogP contribution in [0.4, 0.5) is 21.8 Å². The zero-order valence-electron chi connectivity index (χ0n) is 13.4. The van der Waals surface area contributed by atoms with Crippen LogP contribution in [0.1, 0.15) is 0 Å². The van der Waals surface area contributed by atoms with E-state index in [4.69, 9.17) is 5.11 Å². The van der Waals surface area contributed by atoms with E-state index >= 15 is 0 Å². The molecule has 0 bridgehead atoms. The van der Waals surface area contributed by atoms with Crippen LogP contribution in [0, 0.1) is 9.39 Å². The van der Waals surface area contributed by atoms with Gasteiger partial charge in [0.15, 0.2) is 0 Å². The largest absolute Gasteiger partial charge is 0.480 e. The summed E-state index contributed by atoms with van der Waals surface area (Å²) in [5.41, 5.74) is 1.69. The molecule has 0 aliphatic carbocycles. The minimum atomic E-state index is -1.03. The fraction of sp³-hybridized carbons (Fsp3) is 0.0556. The second-order valence-corrected chi connectivity index (χ2v) is 6.57. The van der Waals surface area contributed by atoms with Crippen LogP contribution in [0.3, 0.4) is 0 Å². The molecule has 3 N–H and O–H groups in total. The first kappa shape index (κ1) is 18.1. The minimum Gasteiger partial charge on any atom is -0.480 e. The van der Waals surface area contributed by atoms with Crippen molar-refractivity contribution in [3.63, 3.8) is 0 Å². The lowest BCUT2D eigenvalue weighted by atomic mass is 10.1. The van der Waals surface area contributed by atoms with Gasteiger partial charge in [-0.3, -0.25) is 4.79 Å². The normalized spacial score (nSPS) is 10.4. The predicted molar refractivity (Wildman–Crippen MR) is 106 cm³/mol. The molecule has 2 aromatic carbocycles. The molecule has 26 heavy (non-hydrogen) atoms. The van der Waals surface area contributed by atoms with Gasteiger partial charge in [-0.15, -0.1) is 0 Å². The molecule has 0 amide bonds. The van der Waals surface area contributed by atoms with Gasteiger partial charge in [0.2, 0.25) is 5.95 Å². The average Bonchev–Trinajstić information content (AvgIpc) is 2.63. The van der Waals surface area contributed by atoms with Crippen molar-refractivity contribution < 1.29 is 14.3 Å². The van der Waals surface area contributed by atoms with Crippen LogP contribution in [0.25, 0.3) is 11.3 Å². The van der Waals surface area contributed by atoms with E-state index in [0.717, 1.165) is 9.13 Å². The third kappa shape index (κ3) is 4.66. The van der Waals surface area contributed by atoms with Crippen molar-refractivity contribution in [2.24, 2.45) is 0 Å². The number of carboxylic acid groups (broad SMARTS) is 1. The minimum absolute atomic E-state index is 0.141. The van der Waals surface area contributed by atoms with E-state index in [-0.39, 0.29) is 18.2 Å². The van der Waals surface area contributed by atoms with Gasteiger partial charge >= 0.3 is 5.97 Å². The molecular formula is C18H14FIN4O2. The molecule has 0 unspecified atom stereocenters. The topological polar surface area (TPSA) is 87.1 Å². The Morgan fingerprint density at radius 2 is 1.88 bits per heavy atom. The highest BCUT2D eigenvalue weighted by atomic mass is 127. The molecule has 0 saturated carbocycles. The maximum atomic E-state index is 14.1. The Kier molecular flexibility index (Phi) is 5.61. The van der Waals surface area contributed by atoms with Gasteiger partial charge in [0.1, 0.15) is 18.2 Å². The van der Waals surface area contributed by atoms with E-state index < -0.39 is 11.8 Å².